The van der Waals surface area contributed by atoms with E-state index in [4.69, 9.17) is 21.1 Å². The number of hydrogen-bond acceptors (Lipinski definition) is 5. The van der Waals surface area contributed by atoms with Crippen LogP contribution in [0.25, 0.3) is 0 Å². The Morgan fingerprint density at radius 1 is 1.08 bits per heavy atom. The van der Waals surface area contributed by atoms with Crippen molar-refractivity contribution >= 4 is 33.4 Å². The lowest BCUT2D eigenvalue weighted by Crippen LogP contribution is -2.40. The third-order valence-corrected chi connectivity index (χ3v) is 7.27. The fraction of sp³-hybridized carbons (Fsp3) is 0.333. The van der Waals surface area contributed by atoms with E-state index >= 15 is 0 Å². The molecule has 0 unspecified atom stereocenters. The molecule has 1 aliphatic rings. The van der Waals surface area contributed by atoms with Crippen molar-refractivity contribution < 1.29 is 17.9 Å². The number of hydrogen-bond donors (Lipinski definition) is 0. The minimum absolute atomic E-state index is 0.275. The van der Waals surface area contributed by atoms with Gasteiger partial charge in [-0.1, -0.05) is 23.7 Å². The van der Waals surface area contributed by atoms with Gasteiger partial charge in [0.05, 0.1) is 29.7 Å². The highest BCUT2D eigenvalue weighted by atomic mass is 35.5. The van der Waals surface area contributed by atoms with Gasteiger partial charge in [0.25, 0.3) is 0 Å². The smallest absolute Gasteiger partial charge is 0.243 e. The van der Waals surface area contributed by atoms with Gasteiger partial charge in [-0.25, -0.2) is 8.42 Å². The highest BCUT2D eigenvalue weighted by Gasteiger charge is 2.26. The number of benzene rings is 2. The summed E-state index contributed by atoms with van der Waals surface area (Å²) in [7, 11) is -3.47. The second-order valence-corrected chi connectivity index (χ2v) is 9.10. The summed E-state index contributed by atoms with van der Waals surface area (Å²) < 4.78 is 37.5. The minimum atomic E-state index is -3.47. The van der Waals surface area contributed by atoms with Crippen LogP contribution < -0.4 is 4.74 Å². The van der Waals surface area contributed by atoms with Crippen LogP contribution in [0.5, 0.6) is 5.75 Å². The molecule has 0 aliphatic carbocycles. The molecule has 2 aromatic rings. The molecular weight excluding hydrogens is 394 g/mol. The van der Waals surface area contributed by atoms with Gasteiger partial charge in [0.2, 0.25) is 10.0 Å². The van der Waals surface area contributed by atoms with Gasteiger partial charge in [0.15, 0.2) is 0 Å². The standard InChI is InChI=1S/C18H20ClNO4S2/c19-17-3-1-2-4-18(17)25-14-13-24-15-5-7-16(8-6-15)26(21,22)20-9-11-23-12-10-20/h1-8H,9-14H2. The molecule has 0 N–H and O–H groups in total. The molecule has 5 nitrogen and oxygen atoms in total. The number of thioether (sulfide) groups is 1. The maximum absolute atomic E-state index is 12.6. The zero-order valence-corrected chi connectivity index (χ0v) is 16.5. The first-order chi connectivity index (χ1) is 12.6. The Bertz CT molecular complexity index is 821. The molecule has 0 amide bonds. The molecule has 1 fully saturated rings. The second kappa shape index (κ2) is 9.10. The number of sulfonamides is 1. The van der Waals surface area contributed by atoms with Crippen LogP contribution in [0, 0.1) is 0 Å². The molecule has 1 aliphatic heterocycles. The van der Waals surface area contributed by atoms with Gasteiger partial charge < -0.3 is 9.47 Å². The molecule has 1 heterocycles. The first-order valence-corrected chi connectivity index (χ1v) is 11.1. The molecule has 8 heteroatoms. The van der Waals surface area contributed by atoms with Crippen molar-refractivity contribution in [3.8, 4) is 5.75 Å². The molecule has 0 atom stereocenters. The van der Waals surface area contributed by atoms with Crippen LogP contribution in [0.3, 0.4) is 0 Å². The van der Waals surface area contributed by atoms with Gasteiger partial charge in [-0.15, -0.1) is 11.8 Å². The summed E-state index contributed by atoms with van der Waals surface area (Å²) in [4.78, 5) is 1.29. The molecular formula is C18H20ClNO4S2. The zero-order valence-electron chi connectivity index (χ0n) is 14.1. The SMILES string of the molecule is O=S(=O)(c1ccc(OCCSc2ccccc2Cl)cc1)N1CCOCC1. The van der Waals surface area contributed by atoms with Gasteiger partial charge in [-0.2, -0.15) is 4.31 Å². The van der Waals surface area contributed by atoms with E-state index in [1.54, 1.807) is 36.0 Å². The molecule has 1 saturated heterocycles. The van der Waals surface area contributed by atoms with E-state index in [2.05, 4.69) is 0 Å². The van der Waals surface area contributed by atoms with Crippen LogP contribution in [0.15, 0.2) is 58.3 Å². The molecule has 0 aromatic heterocycles. The van der Waals surface area contributed by atoms with E-state index in [1.165, 1.54) is 4.31 Å². The highest BCUT2D eigenvalue weighted by molar-refractivity contribution is 7.99. The van der Waals surface area contributed by atoms with E-state index in [0.29, 0.717) is 38.7 Å². The minimum Gasteiger partial charge on any atom is -0.493 e. The maximum atomic E-state index is 12.6. The van der Waals surface area contributed by atoms with Crippen molar-refractivity contribution in [1.82, 2.24) is 4.31 Å². The number of morpholine rings is 1. The van der Waals surface area contributed by atoms with Crippen LogP contribution in [-0.4, -0.2) is 51.4 Å². The predicted octanol–water partition coefficient (Wildman–Crippen LogP) is 3.53. The van der Waals surface area contributed by atoms with Gasteiger partial charge in [0.1, 0.15) is 5.75 Å². The van der Waals surface area contributed by atoms with E-state index in [-0.39, 0.29) is 4.90 Å². The molecule has 140 valence electrons. The van der Waals surface area contributed by atoms with Crippen molar-refractivity contribution in [1.29, 1.82) is 0 Å². The molecule has 0 saturated carbocycles. The predicted molar refractivity (Wildman–Crippen MR) is 104 cm³/mol. The van der Waals surface area contributed by atoms with Gasteiger partial charge in [-0.3, -0.25) is 0 Å². The van der Waals surface area contributed by atoms with Crippen LogP contribution in [0.2, 0.25) is 5.02 Å². The number of ether oxygens (including phenoxy) is 2. The third-order valence-electron chi connectivity index (χ3n) is 3.88. The van der Waals surface area contributed by atoms with Gasteiger partial charge in [-0.05, 0) is 36.4 Å². The van der Waals surface area contributed by atoms with Crippen molar-refractivity contribution in [2.24, 2.45) is 0 Å². The van der Waals surface area contributed by atoms with Crippen LogP contribution in [-0.2, 0) is 14.8 Å². The fourth-order valence-electron chi connectivity index (χ4n) is 2.52. The first kappa shape index (κ1) is 19.5. The lowest BCUT2D eigenvalue weighted by Gasteiger charge is -2.26. The van der Waals surface area contributed by atoms with E-state index in [0.717, 1.165) is 15.7 Å². The van der Waals surface area contributed by atoms with Crippen molar-refractivity contribution in [2.75, 3.05) is 38.7 Å². The average molecular weight is 414 g/mol. The Balaban J connectivity index is 1.52. The normalized spacial score (nSPS) is 15.7. The Labute approximate surface area is 163 Å². The summed E-state index contributed by atoms with van der Waals surface area (Å²) in [6, 6.07) is 14.2. The summed E-state index contributed by atoms with van der Waals surface area (Å²) in [6.45, 7) is 2.15. The summed E-state index contributed by atoms with van der Waals surface area (Å²) in [5.41, 5.74) is 0. The fourth-order valence-corrected chi connectivity index (χ4v) is 4.99. The molecule has 0 radical (unpaired) electrons. The molecule has 2 aromatic carbocycles. The van der Waals surface area contributed by atoms with Gasteiger partial charge in [0, 0.05) is 23.7 Å². The Morgan fingerprint density at radius 2 is 1.77 bits per heavy atom. The van der Waals surface area contributed by atoms with E-state index in [9.17, 15) is 8.42 Å². The largest absolute Gasteiger partial charge is 0.493 e. The van der Waals surface area contributed by atoms with E-state index < -0.39 is 10.0 Å². The second-order valence-electron chi connectivity index (χ2n) is 5.62. The molecule has 26 heavy (non-hydrogen) atoms. The summed E-state index contributed by atoms with van der Waals surface area (Å²) in [5.74, 6) is 1.39. The van der Waals surface area contributed by atoms with Gasteiger partial charge >= 0.3 is 0 Å². The first-order valence-electron chi connectivity index (χ1n) is 8.25. The van der Waals surface area contributed by atoms with Crippen molar-refractivity contribution in [3.63, 3.8) is 0 Å². The zero-order chi connectivity index (χ0) is 18.4. The summed E-state index contributed by atoms with van der Waals surface area (Å²) >= 11 is 7.74. The highest BCUT2D eigenvalue weighted by Crippen LogP contribution is 2.26. The number of halogens is 1. The topological polar surface area (TPSA) is 55.8 Å². The average Bonchev–Trinajstić information content (AvgIpc) is 2.67. The van der Waals surface area contributed by atoms with Crippen LogP contribution in [0.4, 0.5) is 0 Å². The van der Waals surface area contributed by atoms with Crippen LogP contribution >= 0.6 is 23.4 Å². The molecule has 0 spiro atoms. The number of rotatable bonds is 7. The maximum Gasteiger partial charge on any atom is 0.243 e. The monoisotopic (exact) mass is 413 g/mol. The van der Waals surface area contributed by atoms with E-state index in [1.807, 2.05) is 24.3 Å². The Morgan fingerprint density at radius 3 is 2.46 bits per heavy atom. The van der Waals surface area contributed by atoms with Crippen molar-refractivity contribution in [2.45, 2.75) is 9.79 Å². The van der Waals surface area contributed by atoms with Crippen molar-refractivity contribution in [3.05, 3.63) is 53.6 Å². The lowest BCUT2D eigenvalue weighted by atomic mass is 10.3. The Hall–Kier alpha value is -1.25. The lowest BCUT2D eigenvalue weighted by molar-refractivity contribution is 0.0730. The molecule has 0 bridgehead atoms. The van der Waals surface area contributed by atoms with Crippen LogP contribution in [0.1, 0.15) is 0 Å². The summed E-state index contributed by atoms with van der Waals surface area (Å²) in [6.07, 6.45) is 0. The number of nitrogens with zero attached hydrogens (tertiary/aromatic N) is 1. The molecule has 3 rings (SSSR count). The summed E-state index contributed by atoms with van der Waals surface area (Å²) in [5, 5.41) is 0.732. The quantitative estimate of drug-likeness (QED) is 0.513. The Kier molecular flexibility index (Phi) is 6.83. The third kappa shape index (κ3) is 4.92.